The molecule has 1 N–H and O–H groups in total. The molecule has 2 aromatic heterocycles. The number of hydrogen-bond acceptors (Lipinski definition) is 7. The summed E-state index contributed by atoms with van der Waals surface area (Å²) in [6.07, 6.45) is 2.27. The highest BCUT2D eigenvalue weighted by Crippen LogP contribution is 2.38. The van der Waals surface area contributed by atoms with E-state index in [1.54, 1.807) is 18.4 Å². The van der Waals surface area contributed by atoms with Gasteiger partial charge in [-0.3, -0.25) is 0 Å². The molecule has 0 amide bonds. The van der Waals surface area contributed by atoms with E-state index in [0.717, 1.165) is 46.9 Å². The van der Waals surface area contributed by atoms with Crippen LogP contribution in [0.3, 0.4) is 0 Å². The number of allylic oxidation sites excluding steroid dienone is 1. The van der Waals surface area contributed by atoms with Crippen LogP contribution in [0.1, 0.15) is 37.3 Å². The normalized spacial score (nSPS) is 21.2. The first-order valence-electron chi connectivity index (χ1n) is 10.6. The van der Waals surface area contributed by atoms with E-state index in [-0.39, 0.29) is 12.1 Å². The standard InChI is InChI=1S/C23H24N4O3S2/c1-14-19(22-25-21(26-30-22)18-6-4-12-32-18)20(15-7-9-16(28-2)10-8-15)24-23(31)27(14)13-17-5-3-11-29-17/h4,6-10,12,17,20H,3,5,11,13H2,1-2H3,(H,24,31). The lowest BCUT2D eigenvalue weighted by Crippen LogP contribution is -2.48. The van der Waals surface area contributed by atoms with Gasteiger partial charge in [0.15, 0.2) is 5.11 Å². The van der Waals surface area contributed by atoms with Crippen molar-refractivity contribution in [3.63, 3.8) is 0 Å². The van der Waals surface area contributed by atoms with Gasteiger partial charge in [0.2, 0.25) is 5.82 Å². The second-order valence-electron chi connectivity index (χ2n) is 7.80. The Morgan fingerprint density at radius 3 is 2.81 bits per heavy atom. The molecule has 0 spiro atoms. The van der Waals surface area contributed by atoms with E-state index in [9.17, 15) is 0 Å². The summed E-state index contributed by atoms with van der Waals surface area (Å²) in [5, 5.41) is 10.4. The van der Waals surface area contributed by atoms with Crippen molar-refractivity contribution in [2.24, 2.45) is 0 Å². The smallest absolute Gasteiger partial charge is 0.258 e. The van der Waals surface area contributed by atoms with Crippen LogP contribution in [0.25, 0.3) is 16.3 Å². The fraction of sp³-hybridized carbons (Fsp3) is 0.348. The van der Waals surface area contributed by atoms with E-state index in [0.29, 0.717) is 23.4 Å². The van der Waals surface area contributed by atoms with Crippen LogP contribution in [0.15, 0.2) is 52.0 Å². The number of methoxy groups -OCH3 is 1. The Morgan fingerprint density at radius 2 is 2.12 bits per heavy atom. The van der Waals surface area contributed by atoms with Gasteiger partial charge in [-0.2, -0.15) is 4.98 Å². The van der Waals surface area contributed by atoms with Crippen molar-refractivity contribution in [2.45, 2.75) is 31.9 Å². The second kappa shape index (κ2) is 9.01. The summed E-state index contributed by atoms with van der Waals surface area (Å²) in [5.41, 5.74) is 2.94. The molecule has 0 radical (unpaired) electrons. The first kappa shape index (κ1) is 21.1. The van der Waals surface area contributed by atoms with E-state index in [1.807, 2.05) is 41.8 Å². The second-order valence-corrected chi connectivity index (χ2v) is 9.14. The molecule has 2 aliphatic heterocycles. The van der Waals surface area contributed by atoms with E-state index < -0.39 is 0 Å². The number of benzene rings is 1. The monoisotopic (exact) mass is 468 g/mol. The molecule has 0 aliphatic carbocycles. The molecular weight excluding hydrogens is 444 g/mol. The van der Waals surface area contributed by atoms with Crippen LogP contribution in [0.4, 0.5) is 0 Å². The first-order valence-corrected chi connectivity index (χ1v) is 11.8. The quantitative estimate of drug-likeness (QED) is 0.524. The van der Waals surface area contributed by atoms with E-state index in [4.69, 9.17) is 31.2 Å². The number of thiophene rings is 1. The Bertz CT molecular complexity index is 1120. The van der Waals surface area contributed by atoms with Gasteiger partial charge in [-0.25, -0.2) is 0 Å². The lowest BCUT2D eigenvalue weighted by atomic mass is 9.94. The van der Waals surface area contributed by atoms with E-state index in [2.05, 4.69) is 22.3 Å². The number of ether oxygens (including phenoxy) is 2. The van der Waals surface area contributed by atoms with Gasteiger partial charge in [0, 0.05) is 12.3 Å². The molecule has 1 fully saturated rings. The highest BCUT2D eigenvalue weighted by atomic mass is 32.1. The zero-order chi connectivity index (χ0) is 22.1. The van der Waals surface area contributed by atoms with Crippen LogP contribution in [0.5, 0.6) is 5.75 Å². The maximum atomic E-state index is 5.87. The summed E-state index contributed by atoms with van der Waals surface area (Å²) in [4.78, 5) is 7.80. The van der Waals surface area contributed by atoms with Crippen molar-refractivity contribution >= 4 is 34.2 Å². The molecule has 32 heavy (non-hydrogen) atoms. The summed E-state index contributed by atoms with van der Waals surface area (Å²) in [6, 6.07) is 11.7. The molecule has 2 unspecified atom stereocenters. The molecular formula is C23H24N4O3S2. The average molecular weight is 469 g/mol. The molecule has 166 valence electrons. The highest BCUT2D eigenvalue weighted by Gasteiger charge is 2.35. The largest absolute Gasteiger partial charge is 0.497 e. The van der Waals surface area contributed by atoms with Crippen LogP contribution >= 0.6 is 23.6 Å². The van der Waals surface area contributed by atoms with Crippen LogP contribution in [0, 0.1) is 0 Å². The molecule has 9 heteroatoms. The van der Waals surface area contributed by atoms with Crippen molar-refractivity contribution in [1.82, 2.24) is 20.4 Å². The van der Waals surface area contributed by atoms with E-state index in [1.165, 1.54) is 0 Å². The minimum absolute atomic E-state index is 0.160. The van der Waals surface area contributed by atoms with Crippen molar-refractivity contribution in [3.05, 3.63) is 58.9 Å². The molecule has 5 rings (SSSR count). The van der Waals surface area contributed by atoms with Crippen molar-refractivity contribution in [2.75, 3.05) is 20.3 Å². The Hall–Kier alpha value is -2.75. The molecule has 1 saturated heterocycles. The average Bonchev–Trinajstić information content (AvgIpc) is 3.59. The van der Waals surface area contributed by atoms with Gasteiger partial charge in [0.25, 0.3) is 5.89 Å². The molecule has 0 bridgehead atoms. The lowest BCUT2D eigenvalue weighted by molar-refractivity contribution is 0.0962. The number of thiocarbonyl (C=S) groups is 1. The van der Waals surface area contributed by atoms with Crippen LogP contribution < -0.4 is 10.1 Å². The maximum absolute atomic E-state index is 5.87. The molecule has 2 atom stereocenters. The Balaban J connectivity index is 1.56. The van der Waals surface area contributed by atoms with Gasteiger partial charge in [-0.1, -0.05) is 23.4 Å². The molecule has 2 aliphatic rings. The number of nitrogens with one attached hydrogen (secondary N) is 1. The first-order chi connectivity index (χ1) is 15.6. The fourth-order valence-electron chi connectivity index (χ4n) is 4.16. The van der Waals surface area contributed by atoms with Gasteiger partial charge in [0.05, 0.1) is 36.3 Å². The summed E-state index contributed by atoms with van der Waals surface area (Å²) in [5.74, 6) is 1.87. The maximum Gasteiger partial charge on any atom is 0.258 e. The number of hydrogen-bond donors (Lipinski definition) is 1. The molecule has 4 heterocycles. The molecule has 7 nitrogen and oxygen atoms in total. The topological polar surface area (TPSA) is 72.7 Å². The van der Waals surface area contributed by atoms with Crippen LogP contribution in [-0.2, 0) is 4.74 Å². The highest BCUT2D eigenvalue weighted by molar-refractivity contribution is 7.80. The number of rotatable bonds is 6. The predicted octanol–water partition coefficient (Wildman–Crippen LogP) is 4.65. The summed E-state index contributed by atoms with van der Waals surface area (Å²) in [7, 11) is 1.66. The van der Waals surface area contributed by atoms with Crippen molar-refractivity contribution in [1.29, 1.82) is 0 Å². The fourth-order valence-corrected chi connectivity index (χ4v) is 5.13. The van der Waals surface area contributed by atoms with E-state index >= 15 is 0 Å². The third-order valence-electron chi connectivity index (χ3n) is 5.85. The molecule has 3 aromatic rings. The summed E-state index contributed by atoms with van der Waals surface area (Å²) < 4.78 is 17.0. The van der Waals surface area contributed by atoms with Crippen LogP contribution in [0.2, 0.25) is 0 Å². The number of nitrogens with zero attached hydrogens (tertiary/aromatic N) is 3. The van der Waals surface area contributed by atoms with Crippen molar-refractivity contribution in [3.8, 4) is 16.5 Å². The van der Waals surface area contributed by atoms with Gasteiger partial charge < -0.3 is 24.2 Å². The summed E-state index contributed by atoms with van der Waals surface area (Å²) >= 11 is 7.36. The third-order valence-corrected chi connectivity index (χ3v) is 7.06. The van der Waals surface area contributed by atoms with Gasteiger partial charge in [0.1, 0.15) is 5.75 Å². The van der Waals surface area contributed by atoms with Gasteiger partial charge >= 0.3 is 0 Å². The Kier molecular flexibility index (Phi) is 5.95. The minimum atomic E-state index is -0.217. The molecule has 0 saturated carbocycles. The predicted molar refractivity (Wildman–Crippen MR) is 127 cm³/mol. The third kappa shape index (κ3) is 4.03. The van der Waals surface area contributed by atoms with Gasteiger partial charge in [-0.15, -0.1) is 11.3 Å². The zero-order valence-corrected chi connectivity index (χ0v) is 19.5. The van der Waals surface area contributed by atoms with Crippen molar-refractivity contribution < 1.29 is 14.0 Å². The molecule has 1 aromatic carbocycles. The minimum Gasteiger partial charge on any atom is -0.497 e. The SMILES string of the molecule is COc1ccc(C2NC(=S)N(CC3CCCO3)C(C)=C2c2nc(-c3cccs3)no2)cc1. The zero-order valence-electron chi connectivity index (χ0n) is 17.9. The van der Waals surface area contributed by atoms with Gasteiger partial charge in [-0.05, 0) is 61.1 Å². The van der Waals surface area contributed by atoms with Crippen LogP contribution in [-0.4, -0.2) is 46.5 Å². The Morgan fingerprint density at radius 1 is 1.28 bits per heavy atom. The lowest BCUT2D eigenvalue weighted by Gasteiger charge is -2.38. The number of aromatic nitrogens is 2. The Labute approximate surface area is 196 Å². The summed E-state index contributed by atoms with van der Waals surface area (Å²) in [6.45, 7) is 3.56.